The predicted molar refractivity (Wildman–Crippen MR) is 65.6 cm³/mol. The SMILES string of the molecule is CCOc1ccc(C(=O)N[C@H](C(=O)[O-])[C@@H](C)O)cc1. The number of hydrogen-bond acceptors (Lipinski definition) is 5. The molecule has 1 amide bonds. The monoisotopic (exact) mass is 266 g/mol. The topological polar surface area (TPSA) is 98.7 Å². The molecule has 1 aromatic rings. The van der Waals surface area contributed by atoms with Crippen molar-refractivity contribution >= 4 is 11.9 Å². The molecule has 1 aromatic carbocycles. The molecule has 0 saturated heterocycles. The molecule has 104 valence electrons. The minimum Gasteiger partial charge on any atom is -0.548 e. The van der Waals surface area contributed by atoms with E-state index in [0.717, 1.165) is 0 Å². The van der Waals surface area contributed by atoms with E-state index in [-0.39, 0.29) is 5.56 Å². The van der Waals surface area contributed by atoms with Gasteiger partial charge in [0.1, 0.15) is 5.75 Å². The molecule has 0 aliphatic carbocycles. The van der Waals surface area contributed by atoms with E-state index in [2.05, 4.69) is 5.32 Å². The second-order valence-corrected chi connectivity index (χ2v) is 3.97. The molecule has 0 aliphatic heterocycles. The van der Waals surface area contributed by atoms with Crippen LogP contribution in [0.1, 0.15) is 24.2 Å². The van der Waals surface area contributed by atoms with Crippen LogP contribution < -0.4 is 15.2 Å². The molecule has 0 fully saturated rings. The number of aliphatic hydroxyl groups is 1. The molecule has 2 N–H and O–H groups in total. The van der Waals surface area contributed by atoms with Gasteiger partial charge in [0.25, 0.3) is 5.91 Å². The summed E-state index contributed by atoms with van der Waals surface area (Å²) in [6.45, 7) is 3.62. The van der Waals surface area contributed by atoms with Crippen LogP contribution in [0.4, 0.5) is 0 Å². The van der Waals surface area contributed by atoms with Crippen LogP contribution in [-0.2, 0) is 4.79 Å². The molecule has 0 aromatic heterocycles. The van der Waals surface area contributed by atoms with Crippen molar-refractivity contribution in [1.29, 1.82) is 0 Å². The van der Waals surface area contributed by atoms with Crippen molar-refractivity contribution in [3.05, 3.63) is 29.8 Å². The summed E-state index contributed by atoms with van der Waals surface area (Å²) in [5, 5.41) is 22.2. The van der Waals surface area contributed by atoms with Gasteiger partial charge in [-0.05, 0) is 38.1 Å². The molecular formula is C13H16NO5-. The molecule has 0 radical (unpaired) electrons. The zero-order valence-electron chi connectivity index (χ0n) is 10.8. The summed E-state index contributed by atoms with van der Waals surface area (Å²) in [7, 11) is 0. The maximum atomic E-state index is 11.8. The molecule has 1 rings (SSSR count). The van der Waals surface area contributed by atoms with Crippen LogP contribution in [-0.4, -0.2) is 35.7 Å². The van der Waals surface area contributed by atoms with Crippen molar-refractivity contribution in [2.45, 2.75) is 26.0 Å². The van der Waals surface area contributed by atoms with Gasteiger partial charge < -0.3 is 25.1 Å². The molecule has 19 heavy (non-hydrogen) atoms. The van der Waals surface area contributed by atoms with Gasteiger partial charge in [0.15, 0.2) is 0 Å². The van der Waals surface area contributed by atoms with Crippen LogP contribution in [0.2, 0.25) is 0 Å². The summed E-state index contributed by atoms with van der Waals surface area (Å²) in [4.78, 5) is 22.5. The molecule has 0 spiro atoms. The minimum atomic E-state index is -1.53. The van der Waals surface area contributed by atoms with Gasteiger partial charge in [-0.2, -0.15) is 0 Å². The number of ether oxygens (including phenoxy) is 1. The molecule has 0 unspecified atom stereocenters. The lowest BCUT2D eigenvalue weighted by Gasteiger charge is -2.22. The fraction of sp³-hybridized carbons (Fsp3) is 0.385. The van der Waals surface area contributed by atoms with Crippen LogP contribution in [0.3, 0.4) is 0 Å². The third-order valence-corrected chi connectivity index (χ3v) is 2.45. The van der Waals surface area contributed by atoms with Crippen LogP contribution in [0.15, 0.2) is 24.3 Å². The number of nitrogens with one attached hydrogen (secondary N) is 1. The van der Waals surface area contributed by atoms with E-state index in [1.54, 1.807) is 12.1 Å². The smallest absolute Gasteiger partial charge is 0.251 e. The van der Waals surface area contributed by atoms with Gasteiger partial charge in [0.05, 0.1) is 24.7 Å². The van der Waals surface area contributed by atoms with Gasteiger partial charge in [-0.1, -0.05) is 0 Å². The highest BCUT2D eigenvalue weighted by Gasteiger charge is 2.19. The van der Waals surface area contributed by atoms with Gasteiger partial charge in [-0.25, -0.2) is 0 Å². The van der Waals surface area contributed by atoms with Crippen molar-refractivity contribution in [3.63, 3.8) is 0 Å². The van der Waals surface area contributed by atoms with Crippen molar-refractivity contribution < 1.29 is 24.5 Å². The predicted octanol–water partition coefficient (Wildman–Crippen LogP) is -0.686. The van der Waals surface area contributed by atoms with Crippen LogP contribution in [0.5, 0.6) is 5.75 Å². The number of amides is 1. The highest BCUT2D eigenvalue weighted by atomic mass is 16.5. The average molecular weight is 266 g/mol. The number of carbonyl (C=O) groups is 2. The Morgan fingerprint density at radius 1 is 1.37 bits per heavy atom. The Kier molecular flexibility index (Phi) is 5.32. The Morgan fingerprint density at radius 3 is 2.37 bits per heavy atom. The zero-order chi connectivity index (χ0) is 14.4. The normalized spacial score (nSPS) is 13.4. The second kappa shape index (κ2) is 6.75. The summed E-state index contributed by atoms with van der Waals surface area (Å²) in [5.74, 6) is -1.52. The summed E-state index contributed by atoms with van der Waals surface area (Å²) in [6, 6.07) is 4.78. The number of carboxylic acid groups (broad SMARTS) is 1. The summed E-state index contributed by atoms with van der Waals surface area (Å²) < 4.78 is 5.22. The lowest BCUT2D eigenvalue weighted by molar-refractivity contribution is -0.310. The number of hydrogen-bond donors (Lipinski definition) is 2. The van der Waals surface area contributed by atoms with Crippen molar-refractivity contribution in [2.75, 3.05) is 6.61 Å². The highest BCUT2D eigenvalue weighted by Crippen LogP contribution is 2.12. The minimum absolute atomic E-state index is 0.273. The summed E-state index contributed by atoms with van der Waals surface area (Å²) in [5.41, 5.74) is 0.273. The van der Waals surface area contributed by atoms with E-state index in [1.807, 2.05) is 6.92 Å². The standard InChI is InChI=1S/C13H17NO5/c1-3-19-10-6-4-9(5-7-10)12(16)14-11(8(2)15)13(17)18/h4-8,11,15H,3H2,1-2H3,(H,14,16)(H,17,18)/p-1/t8-,11+/m1/s1. The zero-order valence-corrected chi connectivity index (χ0v) is 10.8. The lowest BCUT2D eigenvalue weighted by atomic mass is 10.1. The van der Waals surface area contributed by atoms with Gasteiger partial charge in [0.2, 0.25) is 0 Å². The van der Waals surface area contributed by atoms with E-state index >= 15 is 0 Å². The Hall–Kier alpha value is -2.08. The van der Waals surface area contributed by atoms with Crippen molar-refractivity contribution in [2.24, 2.45) is 0 Å². The number of benzene rings is 1. The van der Waals surface area contributed by atoms with Crippen LogP contribution in [0.25, 0.3) is 0 Å². The first-order valence-corrected chi connectivity index (χ1v) is 5.88. The van der Waals surface area contributed by atoms with Crippen LogP contribution in [0, 0.1) is 0 Å². The Morgan fingerprint density at radius 2 is 1.95 bits per heavy atom. The van der Waals surface area contributed by atoms with E-state index < -0.39 is 24.0 Å². The Labute approximate surface area is 111 Å². The van der Waals surface area contributed by atoms with Gasteiger partial charge >= 0.3 is 0 Å². The number of rotatable bonds is 6. The third-order valence-electron chi connectivity index (χ3n) is 2.45. The van der Waals surface area contributed by atoms with E-state index in [4.69, 9.17) is 4.74 Å². The molecule has 6 heteroatoms. The van der Waals surface area contributed by atoms with E-state index in [9.17, 15) is 19.8 Å². The van der Waals surface area contributed by atoms with Crippen molar-refractivity contribution in [1.82, 2.24) is 5.32 Å². The number of carboxylic acids is 1. The third kappa shape index (κ3) is 4.26. The molecular weight excluding hydrogens is 250 g/mol. The van der Waals surface area contributed by atoms with Gasteiger partial charge in [-0.3, -0.25) is 4.79 Å². The summed E-state index contributed by atoms with van der Waals surface area (Å²) in [6.07, 6.45) is -1.24. The number of aliphatic carboxylic acids is 1. The van der Waals surface area contributed by atoms with Gasteiger partial charge in [0, 0.05) is 5.56 Å². The molecule has 0 aliphatic rings. The number of carbonyl (C=O) groups excluding carboxylic acids is 2. The molecule has 6 nitrogen and oxygen atoms in total. The lowest BCUT2D eigenvalue weighted by Crippen LogP contribution is -2.53. The largest absolute Gasteiger partial charge is 0.548 e. The Bertz CT molecular complexity index is 441. The quantitative estimate of drug-likeness (QED) is 0.710. The van der Waals surface area contributed by atoms with E-state index in [1.165, 1.54) is 19.1 Å². The Balaban J connectivity index is 2.74. The second-order valence-electron chi connectivity index (χ2n) is 3.97. The molecule has 0 heterocycles. The number of aliphatic hydroxyl groups excluding tert-OH is 1. The van der Waals surface area contributed by atoms with Crippen LogP contribution >= 0.6 is 0 Å². The maximum Gasteiger partial charge on any atom is 0.251 e. The van der Waals surface area contributed by atoms with Crippen molar-refractivity contribution in [3.8, 4) is 5.75 Å². The first kappa shape index (κ1) is 15.0. The average Bonchev–Trinajstić information content (AvgIpc) is 2.36. The highest BCUT2D eigenvalue weighted by molar-refractivity contribution is 5.96. The molecule has 0 bridgehead atoms. The maximum absolute atomic E-state index is 11.8. The molecule has 0 saturated carbocycles. The van der Waals surface area contributed by atoms with E-state index in [0.29, 0.717) is 12.4 Å². The summed E-state index contributed by atoms with van der Waals surface area (Å²) >= 11 is 0. The molecule has 2 atom stereocenters. The fourth-order valence-electron chi connectivity index (χ4n) is 1.47. The first-order chi connectivity index (χ1) is 8.95. The fourth-order valence-corrected chi connectivity index (χ4v) is 1.47. The van der Waals surface area contributed by atoms with Gasteiger partial charge in [-0.15, -0.1) is 0 Å². The first-order valence-electron chi connectivity index (χ1n) is 5.88.